The third-order valence-corrected chi connectivity index (χ3v) is 7.36. The predicted molar refractivity (Wildman–Crippen MR) is 166 cm³/mol. The molecule has 0 radical (unpaired) electrons. The number of imidazole rings is 1. The molecule has 40 heavy (non-hydrogen) atoms. The van der Waals surface area contributed by atoms with Crippen molar-refractivity contribution >= 4 is 37.2 Å². The normalized spacial score (nSPS) is 14.8. The number of rotatable bonds is 7. The van der Waals surface area contributed by atoms with Gasteiger partial charge in [0.25, 0.3) is 0 Å². The highest BCUT2D eigenvalue weighted by molar-refractivity contribution is 5.86. The van der Waals surface area contributed by atoms with Crippen molar-refractivity contribution in [1.82, 2.24) is 19.8 Å². The lowest BCUT2D eigenvalue weighted by atomic mass is 9.94. The standard InChI is InChI=1S/C31H34F2N4.3ClH/c1-21(2)29(28-22(3)34-31(35-28)25-7-5-4-6-8-25)36-17-19-37(20-18-36)30(23-9-13-26(32)14-10-23)24-11-15-27(33)16-12-24;;;/h4-16,21,29-30H,17-20H2,1-3H3,(H,34,35);3*1H. The van der Waals surface area contributed by atoms with E-state index in [1.54, 1.807) is 0 Å². The van der Waals surface area contributed by atoms with Crippen LogP contribution in [0.3, 0.4) is 0 Å². The first-order valence-electron chi connectivity index (χ1n) is 13.0. The summed E-state index contributed by atoms with van der Waals surface area (Å²) in [5.41, 5.74) is 5.33. The van der Waals surface area contributed by atoms with E-state index in [2.05, 4.69) is 47.7 Å². The van der Waals surface area contributed by atoms with Crippen LogP contribution < -0.4 is 0 Å². The number of nitrogens with zero attached hydrogens (tertiary/aromatic N) is 3. The van der Waals surface area contributed by atoms with Crippen LogP contribution in [0.15, 0.2) is 78.9 Å². The van der Waals surface area contributed by atoms with E-state index in [9.17, 15) is 8.78 Å². The van der Waals surface area contributed by atoms with Gasteiger partial charge in [0.2, 0.25) is 0 Å². The van der Waals surface area contributed by atoms with E-state index in [0.29, 0.717) is 5.92 Å². The first-order chi connectivity index (χ1) is 17.9. The number of hydrogen-bond donors (Lipinski definition) is 1. The van der Waals surface area contributed by atoms with Crippen molar-refractivity contribution in [3.8, 4) is 11.4 Å². The number of aryl methyl sites for hydroxylation is 1. The summed E-state index contributed by atoms with van der Waals surface area (Å²) in [6.07, 6.45) is 0. The minimum atomic E-state index is -0.254. The van der Waals surface area contributed by atoms with Crippen molar-refractivity contribution in [2.75, 3.05) is 26.2 Å². The lowest BCUT2D eigenvalue weighted by Crippen LogP contribution is -2.50. The Balaban J connectivity index is 0.00000187. The maximum atomic E-state index is 13.7. The molecule has 0 aliphatic carbocycles. The lowest BCUT2D eigenvalue weighted by Gasteiger charge is -2.43. The number of aromatic amines is 1. The lowest BCUT2D eigenvalue weighted by molar-refractivity contribution is 0.0599. The Bertz CT molecular complexity index is 1260. The zero-order chi connectivity index (χ0) is 25.9. The molecule has 4 nitrogen and oxygen atoms in total. The highest BCUT2D eigenvalue weighted by atomic mass is 35.5. The van der Waals surface area contributed by atoms with Gasteiger partial charge in [0.1, 0.15) is 17.5 Å². The molecule has 5 rings (SSSR count). The molecular formula is C31H37Cl3F2N4. The van der Waals surface area contributed by atoms with Gasteiger partial charge in [0.15, 0.2) is 0 Å². The average Bonchev–Trinajstić information content (AvgIpc) is 3.29. The summed E-state index contributed by atoms with van der Waals surface area (Å²) in [6.45, 7) is 10.1. The predicted octanol–water partition coefficient (Wildman–Crippen LogP) is 8.03. The fraction of sp³-hybridized carbons (Fsp3) is 0.323. The van der Waals surface area contributed by atoms with Gasteiger partial charge in [-0.25, -0.2) is 13.8 Å². The Morgan fingerprint density at radius 3 is 1.65 bits per heavy atom. The average molecular weight is 610 g/mol. The van der Waals surface area contributed by atoms with Gasteiger partial charge in [0.05, 0.1) is 17.8 Å². The van der Waals surface area contributed by atoms with Crippen LogP contribution >= 0.6 is 37.2 Å². The zero-order valence-corrected chi connectivity index (χ0v) is 25.3. The maximum Gasteiger partial charge on any atom is 0.137 e. The summed E-state index contributed by atoms with van der Waals surface area (Å²) in [7, 11) is 0. The molecule has 1 aliphatic rings. The molecule has 2 heterocycles. The fourth-order valence-corrected chi connectivity index (χ4v) is 5.58. The van der Waals surface area contributed by atoms with Crippen molar-refractivity contribution in [3.63, 3.8) is 0 Å². The highest BCUT2D eigenvalue weighted by Gasteiger charge is 2.33. The number of H-pyrrole nitrogens is 1. The van der Waals surface area contributed by atoms with E-state index in [1.807, 2.05) is 42.5 Å². The van der Waals surface area contributed by atoms with Gasteiger partial charge in [-0.15, -0.1) is 37.2 Å². The number of piperazine rings is 1. The second-order valence-electron chi connectivity index (χ2n) is 10.2. The number of benzene rings is 3. The molecule has 0 bridgehead atoms. The smallest absolute Gasteiger partial charge is 0.137 e. The number of halogens is 5. The zero-order valence-electron chi connectivity index (χ0n) is 22.9. The molecule has 1 fully saturated rings. The van der Waals surface area contributed by atoms with E-state index in [1.165, 1.54) is 24.3 Å². The van der Waals surface area contributed by atoms with Crippen LogP contribution in [0.25, 0.3) is 11.4 Å². The molecule has 4 aromatic rings. The Morgan fingerprint density at radius 1 is 0.700 bits per heavy atom. The monoisotopic (exact) mass is 608 g/mol. The fourth-order valence-electron chi connectivity index (χ4n) is 5.58. The molecule has 1 saturated heterocycles. The van der Waals surface area contributed by atoms with Crippen LogP contribution in [0.1, 0.15) is 48.4 Å². The Hall–Kier alpha value is -2.48. The van der Waals surface area contributed by atoms with E-state index < -0.39 is 0 Å². The second-order valence-corrected chi connectivity index (χ2v) is 10.2. The SMILES string of the molecule is Cc1[nH]c(-c2ccccc2)nc1C(C(C)C)N1CCN(C(c2ccc(F)cc2)c2ccc(F)cc2)CC1.Cl.Cl.Cl. The van der Waals surface area contributed by atoms with Gasteiger partial charge in [0, 0.05) is 37.4 Å². The number of hydrogen-bond acceptors (Lipinski definition) is 3. The Labute approximate surface area is 254 Å². The quantitative estimate of drug-likeness (QED) is 0.230. The summed E-state index contributed by atoms with van der Waals surface area (Å²) in [4.78, 5) is 13.5. The molecule has 216 valence electrons. The molecule has 1 N–H and O–H groups in total. The van der Waals surface area contributed by atoms with Gasteiger partial charge in [-0.2, -0.15) is 0 Å². The maximum absolute atomic E-state index is 13.7. The summed E-state index contributed by atoms with van der Waals surface area (Å²) >= 11 is 0. The first kappa shape index (κ1) is 33.7. The second kappa shape index (κ2) is 14.9. The van der Waals surface area contributed by atoms with Gasteiger partial charge in [-0.3, -0.25) is 9.80 Å². The van der Waals surface area contributed by atoms with E-state index in [-0.39, 0.29) is 60.9 Å². The summed E-state index contributed by atoms with van der Waals surface area (Å²) in [5, 5.41) is 0. The van der Waals surface area contributed by atoms with Crippen LogP contribution in [0.2, 0.25) is 0 Å². The van der Waals surface area contributed by atoms with Crippen molar-refractivity contribution in [1.29, 1.82) is 0 Å². The molecule has 0 amide bonds. The summed E-state index contributed by atoms with van der Waals surface area (Å²) in [5.74, 6) is 0.790. The molecular weight excluding hydrogens is 573 g/mol. The van der Waals surface area contributed by atoms with Gasteiger partial charge in [-0.1, -0.05) is 68.4 Å². The highest BCUT2D eigenvalue weighted by Crippen LogP contribution is 2.35. The molecule has 1 aliphatic heterocycles. The number of aromatic nitrogens is 2. The molecule has 3 aromatic carbocycles. The topological polar surface area (TPSA) is 35.2 Å². The van der Waals surface area contributed by atoms with E-state index >= 15 is 0 Å². The van der Waals surface area contributed by atoms with Crippen LogP contribution in [0.5, 0.6) is 0 Å². The van der Waals surface area contributed by atoms with Crippen molar-refractivity contribution in [2.24, 2.45) is 5.92 Å². The molecule has 0 saturated carbocycles. The minimum absolute atomic E-state index is 0. The Morgan fingerprint density at radius 2 is 1.18 bits per heavy atom. The molecule has 1 atom stereocenters. The van der Waals surface area contributed by atoms with E-state index in [4.69, 9.17) is 4.98 Å². The van der Waals surface area contributed by atoms with Gasteiger partial charge in [-0.05, 0) is 48.2 Å². The van der Waals surface area contributed by atoms with Crippen molar-refractivity contribution in [2.45, 2.75) is 32.9 Å². The molecule has 9 heteroatoms. The summed E-state index contributed by atoms with van der Waals surface area (Å²) < 4.78 is 27.4. The minimum Gasteiger partial charge on any atom is -0.342 e. The van der Waals surface area contributed by atoms with Gasteiger partial charge >= 0.3 is 0 Å². The summed E-state index contributed by atoms with van der Waals surface area (Å²) in [6, 6.07) is 23.7. The first-order valence-corrected chi connectivity index (χ1v) is 13.0. The van der Waals surface area contributed by atoms with Crippen molar-refractivity contribution in [3.05, 3.63) is 113 Å². The molecule has 1 aromatic heterocycles. The van der Waals surface area contributed by atoms with E-state index in [0.717, 1.165) is 60.1 Å². The van der Waals surface area contributed by atoms with Crippen LogP contribution in [-0.4, -0.2) is 45.9 Å². The van der Waals surface area contributed by atoms with Gasteiger partial charge < -0.3 is 4.98 Å². The Kier molecular flexibility index (Phi) is 12.6. The number of nitrogens with one attached hydrogen (secondary N) is 1. The van der Waals surface area contributed by atoms with Crippen LogP contribution in [0, 0.1) is 24.5 Å². The molecule has 1 unspecified atom stereocenters. The van der Waals surface area contributed by atoms with Crippen molar-refractivity contribution < 1.29 is 8.78 Å². The van der Waals surface area contributed by atoms with Crippen LogP contribution in [-0.2, 0) is 0 Å². The molecule has 0 spiro atoms. The largest absolute Gasteiger partial charge is 0.342 e. The van der Waals surface area contributed by atoms with Crippen LogP contribution in [0.4, 0.5) is 8.78 Å². The third-order valence-electron chi connectivity index (χ3n) is 7.36. The third kappa shape index (κ3) is 7.42.